The van der Waals surface area contributed by atoms with Crippen LogP contribution < -0.4 is 9.47 Å². The summed E-state index contributed by atoms with van der Waals surface area (Å²) in [5.74, 6) is 1.27. The molecule has 0 amide bonds. The Morgan fingerprint density at radius 1 is 1.05 bits per heavy atom. The molecule has 8 nitrogen and oxygen atoms in total. The van der Waals surface area contributed by atoms with Gasteiger partial charge in [0.2, 0.25) is 6.54 Å². The van der Waals surface area contributed by atoms with Crippen LogP contribution in [0.1, 0.15) is 29.1 Å². The second-order valence-electron chi connectivity index (χ2n) is 8.02. The summed E-state index contributed by atoms with van der Waals surface area (Å²) in [6.07, 6.45) is 0. The van der Waals surface area contributed by atoms with Crippen LogP contribution in [0.5, 0.6) is 11.5 Å². The van der Waals surface area contributed by atoms with Crippen LogP contribution in [0.2, 0.25) is 5.02 Å². The van der Waals surface area contributed by atoms with Gasteiger partial charge in [-0.15, -0.1) is 10.2 Å². The molecule has 0 radical (unpaired) electrons. The molecule has 4 aromatic rings. The average molecular weight is 543 g/mol. The summed E-state index contributed by atoms with van der Waals surface area (Å²) in [6.45, 7) is 3.92. The van der Waals surface area contributed by atoms with Crippen LogP contribution in [0.15, 0.2) is 71.9 Å². The molecule has 11 heteroatoms. The summed E-state index contributed by atoms with van der Waals surface area (Å²) in [5.41, 5.74) is 2.28. The molecule has 1 atom stereocenters. The molecule has 1 aromatic heterocycles. The fourth-order valence-corrected chi connectivity index (χ4v) is 4.92. The monoisotopic (exact) mass is 542 g/mol. The molecule has 0 aliphatic carbocycles. The Morgan fingerprint density at radius 3 is 2.46 bits per heavy atom. The summed E-state index contributed by atoms with van der Waals surface area (Å²) in [4.78, 5) is 11.2. The van der Waals surface area contributed by atoms with Gasteiger partial charge in [-0.25, -0.2) is 4.39 Å². The molecule has 3 aromatic carbocycles. The van der Waals surface area contributed by atoms with Crippen molar-refractivity contribution in [3.05, 3.63) is 105 Å². The van der Waals surface area contributed by atoms with Crippen molar-refractivity contribution in [2.75, 3.05) is 13.2 Å². The largest absolute Gasteiger partial charge is 0.490 e. The van der Waals surface area contributed by atoms with Gasteiger partial charge in [-0.2, -0.15) is 0 Å². The van der Waals surface area contributed by atoms with Crippen LogP contribution in [0, 0.1) is 22.9 Å². The van der Waals surface area contributed by atoms with Crippen LogP contribution in [-0.4, -0.2) is 32.8 Å². The van der Waals surface area contributed by atoms with E-state index in [1.54, 1.807) is 42.5 Å². The lowest BCUT2D eigenvalue weighted by Crippen LogP contribution is -2.11. The third-order valence-corrected chi connectivity index (χ3v) is 6.82. The van der Waals surface area contributed by atoms with Crippen molar-refractivity contribution in [1.29, 1.82) is 0 Å². The van der Waals surface area contributed by atoms with Crippen molar-refractivity contribution < 1.29 is 18.8 Å². The lowest BCUT2D eigenvalue weighted by molar-refractivity contribution is -0.479. The third kappa shape index (κ3) is 6.78. The van der Waals surface area contributed by atoms with Crippen molar-refractivity contribution in [3.63, 3.8) is 0 Å². The molecule has 0 saturated heterocycles. The quantitative estimate of drug-likeness (QED) is 0.122. The highest BCUT2D eigenvalue weighted by molar-refractivity contribution is 7.99. The van der Waals surface area contributed by atoms with Gasteiger partial charge in [-0.05, 0) is 73.5 Å². The van der Waals surface area contributed by atoms with E-state index in [-0.39, 0.29) is 23.9 Å². The molecule has 0 N–H and O–H groups in total. The Morgan fingerprint density at radius 2 is 1.78 bits per heavy atom. The first kappa shape index (κ1) is 26.4. The fraction of sp³-hybridized carbons (Fsp3) is 0.231. The van der Waals surface area contributed by atoms with Gasteiger partial charge in [0, 0.05) is 15.6 Å². The van der Waals surface area contributed by atoms with E-state index >= 15 is 0 Å². The number of ether oxygens (including phenoxy) is 2. The molecule has 0 fully saturated rings. The Kier molecular flexibility index (Phi) is 8.62. The molecule has 0 spiro atoms. The number of aryl methyl sites for hydroxylation is 1. The summed E-state index contributed by atoms with van der Waals surface area (Å²) in [6, 6.07) is 18.5. The van der Waals surface area contributed by atoms with Crippen LogP contribution in [0.25, 0.3) is 5.69 Å². The van der Waals surface area contributed by atoms with Gasteiger partial charge in [-0.3, -0.25) is 14.7 Å². The lowest BCUT2D eigenvalue weighted by Gasteiger charge is -2.17. The minimum absolute atomic E-state index is 0.219. The number of rotatable bonds is 11. The van der Waals surface area contributed by atoms with Gasteiger partial charge in [-0.1, -0.05) is 41.6 Å². The molecule has 0 unspecified atom stereocenters. The van der Waals surface area contributed by atoms with Crippen LogP contribution in [-0.2, 0) is 6.61 Å². The summed E-state index contributed by atoms with van der Waals surface area (Å²) < 4.78 is 26.7. The Hall–Kier alpha value is -3.63. The highest BCUT2D eigenvalue weighted by atomic mass is 35.5. The minimum Gasteiger partial charge on any atom is -0.490 e. The number of hydrogen-bond acceptors (Lipinski definition) is 7. The number of benzene rings is 3. The normalized spacial score (nSPS) is 11.8. The van der Waals surface area contributed by atoms with Crippen molar-refractivity contribution in [1.82, 2.24) is 14.8 Å². The van der Waals surface area contributed by atoms with E-state index in [2.05, 4.69) is 10.2 Å². The molecule has 0 saturated carbocycles. The predicted molar refractivity (Wildman–Crippen MR) is 140 cm³/mol. The first-order valence-electron chi connectivity index (χ1n) is 11.4. The van der Waals surface area contributed by atoms with E-state index in [0.717, 1.165) is 11.3 Å². The molecule has 0 bridgehead atoms. The average Bonchev–Trinajstić information content (AvgIpc) is 3.24. The number of thioether (sulfide) groups is 1. The number of halogens is 2. The van der Waals surface area contributed by atoms with Gasteiger partial charge in [0.1, 0.15) is 23.5 Å². The smallest absolute Gasteiger partial charge is 0.220 e. The summed E-state index contributed by atoms with van der Waals surface area (Å²) in [5, 5.41) is 20.6. The lowest BCUT2D eigenvalue weighted by atomic mass is 10.1. The zero-order valence-corrected chi connectivity index (χ0v) is 21.7. The second-order valence-corrected chi connectivity index (χ2v) is 9.62. The second kappa shape index (κ2) is 12.1. The van der Waals surface area contributed by atoms with Gasteiger partial charge in [0.25, 0.3) is 0 Å². The Bertz CT molecular complexity index is 1370. The minimum atomic E-state index is -0.574. The van der Waals surface area contributed by atoms with Crippen molar-refractivity contribution in [2.45, 2.75) is 30.9 Å². The van der Waals surface area contributed by atoms with Crippen molar-refractivity contribution >= 4 is 23.4 Å². The molecular weight excluding hydrogens is 519 g/mol. The molecule has 0 aliphatic heterocycles. The third-order valence-electron chi connectivity index (χ3n) is 5.39. The molecule has 0 aliphatic rings. The van der Waals surface area contributed by atoms with E-state index in [4.69, 9.17) is 21.1 Å². The molecule has 4 rings (SSSR count). The Balaban J connectivity index is 1.61. The van der Waals surface area contributed by atoms with Gasteiger partial charge in [0.15, 0.2) is 16.7 Å². The van der Waals surface area contributed by atoms with E-state index in [0.29, 0.717) is 39.7 Å². The van der Waals surface area contributed by atoms with Crippen molar-refractivity contribution in [2.24, 2.45) is 0 Å². The van der Waals surface area contributed by atoms with Crippen LogP contribution >= 0.6 is 23.4 Å². The molecule has 1 heterocycles. The maximum atomic E-state index is 13.2. The number of aromatic nitrogens is 3. The van der Waals surface area contributed by atoms with Crippen molar-refractivity contribution in [3.8, 4) is 17.2 Å². The van der Waals surface area contributed by atoms with E-state index in [1.807, 2.05) is 30.5 Å². The summed E-state index contributed by atoms with van der Waals surface area (Å²) >= 11 is 7.28. The maximum absolute atomic E-state index is 13.2. The first-order valence-corrected chi connectivity index (χ1v) is 12.7. The fourth-order valence-electron chi connectivity index (χ4n) is 3.63. The van der Waals surface area contributed by atoms with Gasteiger partial charge in [0.05, 0.1) is 6.61 Å². The van der Waals surface area contributed by atoms with E-state index in [9.17, 15) is 14.5 Å². The molecular formula is C26H24ClFN4O4S. The van der Waals surface area contributed by atoms with Gasteiger partial charge < -0.3 is 9.47 Å². The summed E-state index contributed by atoms with van der Waals surface area (Å²) in [7, 11) is 0. The van der Waals surface area contributed by atoms with Crippen LogP contribution in [0.4, 0.5) is 4.39 Å². The number of hydrogen-bond donors (Lipinski definition) is 0. The topological polar surface area (TPSA) is 92.3 Å². The highest BCUT2D eigenvalue weighted by Gasteiger charge is 2.25. The zero-order valence-electron chi connectivity index (χ0n) is 20.1. The standard InChI is InChI=1S/C26H24ClFN4O4S/c1-3-35-24-14-19(6-13-23(24)36-16-18-4-9-21(28)10-5-18)25(15-31(33)34)37-26-30-29-17(2)32(26)22-11-7-20(27)8-12-22/h4-14,25H,3,15-16H2,1-2H3/t25-/m1/s1. The van der Waals surface area contributed by atoms with E-state index in [1.165, 1.54) is 23.9 Å². The van der Waals surface area contributed by atoms with E-state index < -0.39 is 5.25 Å². The Labute approximate surface area is 222 Å². The first-order chi connectivity index (χ1) is 17.8. The SMILES string of the molecule is CCOc1cc([C@@H](C[N+](=O)[O-])Sc2nnc(C)n2-c2ccc(Cl)cc2)ccc1OCc1ccc(F)cc1. The molecule has 37 heavy (non-hydrogen) atoms. The number of nitrogens with zero attached hydrogens (tertiary/aromatic N) is 4. The number of nitro groups is 1. The predicted octanol–water partition coefficient (Wildman–Crippen LogP) is 6.46. The maximum Gasteiger partial charge on any atom is 0.220 e. The molecule has 192 valence electrons. The van der Waals surface area contributed by atoms with Gasteiger partial charge >= 0.3 is 0 Å². The zero-order chi connectivity index (χ0) is 26.4. The highest BCUT2D eigenvalue weighted by Crippen LogP contribution is 2.39. The van der Waals surface area contributed by atoms with Crippen LogP contribution in [0.3, 0.4) is 0 Å².